The Bertz CT molecular complexity index is 443. The molecule has 0 bridgehead atoms. The van der Waals surface area contributed by atoms with Crippen molar-refractivity contribution in [2.75, 3.05) is 24.5 Å². The van der Waals surface area contributed by atoms with E-state index in [0.717, 1.165) is 24.3 Å². The average Bonchev–Trinajstić information content (AvgIpc) is 2.69. The first kappa shape index (κ1) is 15.6. The summed E-state index contributed by atoms with van der Waals surface area (Å²) in [7, 11) is 0. The summed E-state index contributed by atoms with van der Waals surface area (Å²) in [5.41, 5.74) is 2.01. The Morgan fingerprint density at radius 2 is 1.95 bits per heavy atom. The van der Waals surface area contributed by atoms with Crippen LogP contribution in [0.15, 0.2) is 18.2 Å². The lowest BCUT2D eigenvalue weighted by molar-refractivity contribution is 0.0572. The van der Waals surface area contributed by atoms with Gasteiger partial charge >= 0.3 is 0 Å². The normalized spacial score (nSPS) is 22.8. The summed E-state index contributed by atoms with van der Waals surface area (Å²) in [5, 5.41) is 23.5. The largest absolute Gasteiger partial charge is 0.389 e. The fraction of sp³-hybridized carbons (Fsp3) is 0.600. The fourth-order valence-electron chi connectivity index (χ4n) is 2.50. The van der Waals surface area contributed by atoms with Crippen LogP contribution in [0, 0.1) is 5.92 Å². The van der Waals surface area contributed by atoms with Gasteiger partial charge in [0.2, 0.25) is 0 Å². The van der Waals surface area contributed by atoms with Gasteiger partial charge in [-0.1, -0.05) is 37.6 Å². The minimum atomic E-state index is -0.706. The van der Waals surface area contributed by atoms with Crippen LogP contribution in [0.2, 0.25) is 5.02 Å². The van der Waals surface area contributed by atoms with Crippen LogP contribution in [0.25, 0.3) is 0 Å². The van der Waals surface area contributed by atoms with Gasteiger partial charge in [0, 0.05) is 19.6 Å². The lowest BCUT2D eigenvalue weighted by Crippen LogP contribution is -2.25. The second kappa shape index (κ2) is 6.76. The van der Waals surface area contributed by atoms with E-state index in [-0.39, 0.29) is 0 Å². The Morgan fingerprint density at radius 3 is 2.55 bits per heavy atom. The number of anilines is 1. The molecular formula is C15H23ClN2O2. The van der Waals surface area contributed by atoms with E-state index in [1.54, 1.807) is 0 Å². The number of halogens is 1. The summed E-state index contributed by atoms with van der Waals surface area (Å²) in [6.07, 6.45) is -1.41. The minimum absolute atomic E-state index is 0.419. The van der Waals surface area contributed by atoms with E-state index in [4.69, 9.17) is 11.6 Å². The summed E-state index contributed by atoms with van der Waals surface area (Å²) in [6.45, 7) is 6.84. The topological polar surface area (TPSA) is 55.7 Å². The molecule has 2 atom stereocenters. The molecule has 3 N–H and O–H groups in total. The van der Waals surface area contributed by atoms with Crippen LogP contribution in [0.4, 0.5) is 5.69 Å². The molecule has 112 valence electrons. The van der Waals surface area contributed by atoms with Gasteiger partial charge in [0.1, 0.15) is 0 Å². The molecule has 1 saturated heterocycles. The average molecular weight is 299 g/mol. The van der Waals surface area contributed by atoms with Crippen molar-refractivity contribution < 1.29 is 10.2 Å². The zero-order chi connectivity index (χ0) is 14.7. The molecule has 0 amide bonds. The van der Waals surface area contributed by atoms with Crippen molar-refractivity contribution in [3.63, 3.8) is 0 Å². The van der Waals surface area contributed by atoms with Gasteiger partial charge in [0.25, 0.3) is 0 Å². The van der Waals surface area contributed by atoms with E-state index < -0.39 is 12.2 Å². The van der Waals surface area contributed by atoms with E-state index in [1.165, 1.54) is 0 Å². The first-order valence-corrected chi connectivity index (χ1v) is 7.46. The van der Waals surface area contributed by atoms with Crippen molar-refractivity contribution in [1.29, 1.82) is 0 Å². The summed E-state index contributed by atoms with van der Waals surface area (Å²) < 4.78 is 0. The summed E-state index contributed by atoms with van der Waals surface area (Å²) in [4.78, 5) is 1.96. The highest BCUT2D eigenvalue weighted by atomic mass is 35.5. The summed E-state index contributed by atoms with van der Waals surface area (Å²) >= 11 is 6.31. The van der Waals surface area contributed by atoms with E-state index >= 15 is 0 Å². The van der Waals surface area contributed by atoms with Crippen LogP contribution in [0.3, 0.4) is 0 Å². The lowest BCUT2D eigenvalue weighted by Gasteiger charge is -2.23. The molecule has 1 aliphatic rings. The zero-order valence-electron chi connectivity index (χ0n) is 12.0. The molecule has 0 spiro atoms. The van der Waals surface area contributed by atoms with E-state index in [0.29, 0.717) is 24.0 Å². The maximum atomic E-state index is 9.71. The Labute approximate surface area is 125 Å². The van der Waals surface area contributed by atoms with Gasteiger partial charge < -0.3 is 20.4 Å². The highest BCUT2D eigenvalue weighted by Gasteiger charge is 2.31. The smallest absolute Gasteiger partial charge is 0.0990 e. The molecule has 1 aromatic carbocycles. The Hall–Kier alpha value is -0.810. The molecule has 0 aromatic heterocycles. The maximum absolute atomic E-state index is 9.71. The number of aliphatic hydroxyl groups excluding tert-OH is 2. The molecule has 4 nitrogen and oxygen atoms in total. The number of nitrogens with zero attached hydrogens (tertiary/aromatic N) is 1. The number of para-hydroxylation sites is 1. The van der Waals surface area contributed by atoms with Crippen LogP contribution in [0.1, 0.15) is 19.4 Å². The number of aliphatic hydroxyl groups is 2. The monoisotopic (exact) mass is 298 g/mol. The van der Waals surface area contributed by atoms with Crippen molar-refractivity contribution in [1.82, 2.24) is 5.32 Å². The maximum Gasteiger partial charge on any atom is 0.0990 e. The van der Waals surface area contributed by atoms with Gasteiger partial charge in [-0.05, 0) is 24.1 Å². The third-order valence-corrected chi connectivity index (χ3v) is 3.82. The highest BCUT2D eigenvalue weighted by Crippen LogP contribution is 2.32. The SMILES string of the molecule is CC(C)CNCc1cccc(Cl)c1N1CC(O)C(O)C1. The minimum Gasteiger partial charge on any atom is -0.389 e. The third-order valence-electron chi connectivity index (χ3n) is 3.51. The molecule has 1 fully saturated rings. The van der Waals surface area contributed by atoms with E-state index in [9.17, 15) is 10.2 Å². The number of benzene rings is 1. The quantitative estimate of drug-likeness (QED) is 0.773. The standard InChI is InChI=1S/C15H23ClN2O2/c1-10(2)6-17-7-11-4-3-5-12(16)15(11)18-8-13(19)14(20)9-18/h3-5,10,13-14,17,19-20H,6-9H2,1-2H3. The van der Waals surface area contributed by atoms with Gasteiger partial charge in [-0.2, -0.15) is 0 Å². The molecule has 1 heterocycles. The van der Waals surface area contributed by atoms with Crippen LogP contribution in [-0.2, 0) is 6.54 Å². The van der Waals surface area contributed by atoms with Crippen molar-refractivity contribution in [3.8, 4) is 0 Å². The second-order valence-corrected chi connectivity index (χ2v) is 6.22. The van der Waals surface area contributed by atoms with Crippen LogP contribution < -0.4 is 10.2 Å². The first-order valence-electron chi connectivity index (χ1n) is 7.08. The van der Waals surface area contributed by atoms with Gasteiger partial charge in [-0.15, -0.1) is 0 Å². The number of rotatable bonds is 5. The summed E-state index contributed by atoms with van der Waals surface area (Å²) in [5.74, 6) is 0.591. The molecule has 0 aliphatic carbocycles. The second-order valence-electron chi connectivity index (χ2n) is 5.81. The van der Waals surface area contributed by atoms with Crippen molar-refractivity contribution in [2.45, 2.75) is 32.6 Å². The molecular weight excluding hydrogens is 276 g/mol. The molecule has 2 unspecified atom stereocenters. The predicted octanol–water partition coefficient (Wildman–Crippen LogP) is 1.63. The predicted molar refractivity (Wildman–Crippen MR) is 82.2 cm³/mol. The molecule has 1 aliphatic heterocycles. The van der Waals surface area contributed by atoms with Crippen molar-refractivity contribution in [2.24, 2.45) is 5.92 Å². The van der Waals surface area contributed by atoms with Crippen molar-refractivity contribution >= 4 is 17.3 Å². The van der Waals surface area contributed by atoms with Gasteiger partial charge in [-0.3, -0.25) is 0 Å². The first-order chi connectivity index (χ1) is 9.49. The summed E-state index contributed by atoms with van der Waals surface area (Å²) in [6, 6.07) is 5.81. The van der Waals surface area contributed by atoms with Gasteiger partial charge in [-0.25, -0.2) is 0 Å². The number of nitrogens with one attached hydrogen (secondary N) is 1. The van der Waals surface area contributed by atoms with Crippen molar-refractivity contribution in [3.05, 3.63) is 28.8 Å². The van der Waals surface area contributed by atoms with E-state index in [2.05, 4.69) is 19.2 Å². The fourth-order valence-corrected chi connectivity index (χ4v) is 2.82. The van der Waals surface area contributed by atoms with Gasteiger partial charge in [0.05, 0.1) is 22.9 Å². The molecule has 1 aromatic rings. The molecule has 2 rings (SSSR count). The zero-order valence-corrected chi connectivity index (χ0v) is 12.8. The lowest BCUT2D eigenvalue weighted by atomic mass is 10.1. The number of hydrogen-bond acceptors (Lipinski definition) is 4. The molecule has 20 heavy (non-hydrogen) atoms. The molecule has 0 saturated carbocycles. The Balaban J connectivity index is 2.14. The van der Waals surface area contributed by atoms with Crippen LogP contribution >= 0.6 is 11.6 Å². The third kappa shape index (κ3) is 3.64. The Morgan fingerprint density at radius 1 is 1.30 bits per heavy atom. The number of β-amino-alcohol motifs (C(OH)–C–C–N with tert-alkyl or cyclic N) is 2. The van der Waals surface area contributed by atoms with Crippen LogP contribution in [-0.4, -0.2) is 42.1 Å². The highest BCUT2D eigenvalue weighted by molar-refractivity contribution is 6.33. The molecule has 5 heteroatoms. The molecule has 0 radical (unpaired) electrons. The van der Waals surface area contributed by atoms with E-state index in [1.807, 2.05) is 23.1 Å². The van der Waals surface area contributed by atoms with Crippen LogP contribution in [0.5, 0.6) is 0 Å². The number of hydrogen-bond donors (Lipinski definition) is 3. The van der Waals surface area contributed by atoms with Gasteiger partial charge in [0.15, 0.2) is 0 Å². The Kier molecular flexibility index (Phi) is 5.27.